The van der Waals surface area contributed by atoms with Gasteiger partial charge in [0.15, 0.2) is 0 Å². The Balaban J connectivity index is 1.64. The smallest absolute Gasteiger partial charge is 0.245 e. The van der Waals surface area contributed by atoms with Crippen molar-refractivity contribution in [3.8, 4) is 0 Å². The Morgan fingerprint density at radius 3 is 2.25 bits per heavy atom. The summed E-state index contributed by atoms with van der Waals surface area (Å²) < 4.78 is 0. The Hall–Kier alpha value is -0.505. The molecule has 2 aliphatic rings. The van der Waals surface area contributed by atoms with Gasteiger partial charge in [0, 0.05) is 5.92 Å². The Morgan fingerprint density at radius 2 is 1.69 bits per heavy atom. The molecule has 0 atom stereocenters. The molecule has 16 heavy (non-hydrogen) atoms. The van der Waals surface area contributed by atoms with Gasteiger partial charge in [-0.15, -0.1) is 0 Å². The van der Waals surface area contributed by atoms with E-state index in [0.29, 0.717) is 0 Å². The van der Waals surface area contributed by atoms with Gasteiger partial charge in [0.1, 0.15) is 7.28 Å². The second kappa shape index (κ2) is 6.28. The molecule has 90 valence electrons. The van der Waals surface area contributed by atoms with Gasteiger partial charge in [-0.05, 0) is 12.8 Å². The summed E-state index contributed by atoms with van der Waals surface area (Å²) in [6, 6.07) is 0. The summed E-state index contributed by atoms with van der Waals surface area (Å²) in [6.45, 7) is 0. The number of nitrogens with one attached hydrogen (secondary N) is 1. The van der Waals surface area contributed by atoms with E-state index in [1.165, 1.54) is 39.4 Å². The maximum atomic E-state index is 11.6. The molecule has 2 rings (SSSR count). The van der Waals surface area contributed by atoms with Crippen LogP contribution in [0.3, 0.4) is 0 Å². The molecule has 1 saturated heterocycles. The lowest BCUT2D eigenvalue weighted by Crippen LogP contribution is -2.38. The van der Waals surface area contributed by atoms with Gasteiger partial charge in [-0.2, -0.15) is 0 Å². The third kappa shape index (κ3) is 3.51. The van der Waals surface area contributed by atoms with E-state index in [1.54, 1.807) is 0 Å². The number of amides is 1. The summed E-state index contributed by atoms with van der Waals surface area (Å²) in [5.41, 5.74) is 2.66. The van der Waals surface area contributed by atoms with E-state index in [9.17, 15) is 4.79 Å². The van der Waals surface area contributed by atoms with Crippen LogP contribution in [0, 0.1) is 5.92 Å². The minimum Gasteiger partial charge on any atom is -0.273 e. The van der Waals surface area contributed by atoms with E-state index in [4.69, 9.17) is 4.84 Å². The maximum absolute atomic E-state index is 11.6. The molecule has 0 unspecified atom stereocenters. The molecule has 1 amide bonds. The van der Waals surface area contributed by atoms with Crippen molar-refractivity contribution in [2.24, 2.45) is 5.92 Å². The molecule has 3 nitrogen and oxygen atoms in total. The SMILES string of the molecule is O=C(NOC1CCCCCCC1)C1CBC1. The van der Waals surface area contributed by atoms with E-state index in [2.05, 4.69) is 5.48 Å². The van der Waals surface area contributed by atoms with Crippen LogP contribution in [-0.2, 0) is 9.63 Å². The van der Waals surface area contributed by atoms with Gasteiger partial charge >= 0.3 is 0 Å². The minimum atomic E-state index is 0.105. The van der Waals surface area contributed by atoms with Crippen molar-refractivity contribution in [2.45, 2.75) is 63.7 Å². The van der Waals surface area contributed by atoms with E-state index in [-0.39, 0.29) is 17.9 Å². The van der Waals surface area contributed by atoms with Crippen LogP contribution in [0.5, 0.6) is 0 Å². The molecule has 1 N–H and O–H groups in total. The Morgan fingerprint density at radius 1 is 1.06 bits per heavy atom. The minimum absolute atomic E-state index is 0.105. The number of rotatable bonds is 3. The second-order valence-electron chi connectivity index (χ2n) is 5.18. The molecule has 0 radical (unpaired) electrons. The lowest BCUT2D eigenvalue weighted by Gasteiger charge is -2.25. The predicted molar refractivity (Wildman–Crippen MR) is 65.6 cm³/mol. The first-order valence-electron chi connectivity index (χ1n) is 6.82. The molecular formula is C12H22BNO2. The molecular weight excluding hydrogens is 201 g/mol. The first-order valence-corrected chi connectivity index (χ1v) is 6.82. The zero-order chi connectivity index (χ0) is 11.2. The Kier molecular flexibility index (Phi) is 4.70. The normalized spacial score (nSPS) is 23.8. The average Bonchev–Trinajstić information content (AvgIpc) is 2.13. The van der Waals surface area contributed by atoms with Crippen molar-refractivity contribution in [3.63, 3.8) is 0 Å². The van der Waals surface area contributed by atoms with E-state index in [0.717, 1.165) is 25.5 Å². The van der Waals surface area contributed by atoms with Gasteiger partial charge in [0.25, 0.3) is 0 Å². The van der Waals surface area contributed by atoms with Gasteiger partial charge in [0.2, 0.25) is 5.91 Å². The molecule has 1 aliphatic carbocycles. The summed E-state index contributed by atoms with van der Waals surface area (Å²) >= 11 is 0. The number of hydrogen-bond donors (Lipinski definition) is 1. The van der Waals surface area contributed by atoms with Crippen LogP contribution in [0.15, 0.2) is 0 Å². The summed E-state index contributed by atoms with van der Waals surface area (Å²) in [5.74, 6) is 0.335. The number of carbonyl (C=O) groups excluding carboxylic acids is 1. The third-order valence-corrected chi connectivity index (χ3v) is 3.85. The highest BCUT2D eigenvalue weighted by molar-refractivity contribution is 6.41. The van der Waals surface area contributed by atoms with Crippen molar-refractivity contribution >= 4 is 13.2 Å². The van der Waals surface area contributed by atoms with Crippen molar-refractivity contribution in [1.29, 1.82) is 0 Å². The van der Waals surface area contributed by atoms with Crippen LogP contribution in [0.4, 0.5) is 0 Å². The lowest BCUT2D eigenvalue weighted by atomic mass is 9.51. The first kappa shape index (κ1) is 12.0. The standard InChI is InChI=1S/C12H22BNO2/c15-12(10-8-13-9-10)14-16-11-6-4-2-1-3-5-7-11/h10-11,13H,1-9H2,(H,14,15). The van der Waals surface area contributed by atoms with Crippen molar-refractivity contribution in [1.82, 2.24) is 5.48 Å². The summed E-state index contributed by atoms with van der Waals surface area (Å²) in [5, 5.41) is 0. The molecule has 0 aromatic carbocycles. The fourth-order valence-electron chi connectivity index (χ4n) is 2.43. The molecule has 1 heterocycles. The van der Waals surface area contributed by atoms with Crippen LogP contribution < -0.4 is 5.48 Å². The number of carbonyl (C=O) groups is 1. The van der Waals surface area contributed by atoms with E-state index < -0.39 is 0 Å². The summed E-state index contributed by atoms with van der Waals surface area (Å²) in [4.78, 5) is 17.1. The third-order valence-electron chi connectivity index (χ3n) is 3.85. The van der Waals surface area contributed by atoms with Crippen LogP contribution in [0.25, 0.3) is 0 Å². The van der Waals surface area contributed by atoms with E-state index in [1.807, 2.05) is 0 Å². The van der Waals surface area contributed by atoms with Crippen LogP contribution in [0.1, 0.15) is 44.9 Å². The zero-order valence-electron chi connectivity index (χ0n) is 10.0. The van der Waals surface area contributed by atoms with Crippen LogP contribution in [-0.4, -0.2) is 19.3 Å². The molecule has 0 bridgehead atoms. The van der Waals surface area contributed by atoms with Crippen LogP contribution in [0.2, 0.25) is 12.6 Å². The van der Waals surface area contributed by atoms with Gasteiger partial charge in [0.05, 0.1) is 6.10 Å². The summed E-state index contributed by atoms with van der Waals surface area (Å²) in [7, 11) is 1.20. The fourth-order valence-corrected chi connectivity index (χ4v) is 2.43. The Bertz CT molecular complexity index is 223. The molecule has 0 aromatic rings. The molecule has 0 aromatic heterocycles. The summed E-state index contributed by atoms with van der Waals surface area (Å²) in [6.07, 6.45) is 11.0. The second-order valence-corrected chi connectivity index (χ2v) is 5.18. The van der Waals surface area contributed by atoms with Gasteiger partial charge in [-0.3, -0.25) is 9.63 Å². The zero-order valence-corrected chi connectivity index (χ0v) is 10.0. The highest BCUT2D eigenvalue weighted by Crippen LogP contribution is 2.22. The maximum Gasteiger partial charge on any atom is 0.245 e. The van der Waals surface area contributed by atoms with Gasteiger partial charge in [-0.25, -0.2) is 5.48 Å². The average molecular weight is 223 g/mol. The monoisotopic (exact) mass is 223 g/mol. The van der Waals surface area contributed by atoms with Gasteiger partial charge in [-0.1, -0.05) is 44.7 Å². The molecule has 1 saturated carbocycles. The topological polar surface area (TPSA) is 38.3 Å². The lowest BCUT2D eigenvalue weighted by molar-refractivity contribution is -0.143. The highest BCUT2D eigenvalue weighted by Gasteiger charge is 2.26. The van der Waals surface area contributed by atoms with Crippen LogP contribution >= 0.6 is 0 Å². The van der Waals surface area contributed by atoms with Crippen molar-refractivity contribution < 1.29 is 9.63 Å². The Labute approximate surface area is 98.5 Å². The highest BCUT2D eigenvalue weighted by atomic mass is 16.7. The van der Waals surface area contributed by atoms with Crippen molar-refractivity contribution in [3.05, 3.63) is 0 Å². The molecule has 0 spiro atoms. The molecule has 4 heteroatoms. The molecule has 1 aliphatic heterocycles. The fraction of sp³-hybridized carbons (Fsp3) is 0.917. The largest absolute Gasteiger partial charge is 0.273 e. The molecule has 2 fully saturated rings. The first-order chi connectivity index (χ1) is 7.86. The number of hydrogen-bond acceptors (Lipinski definition) is 2. The van der Waals surface area contributed by atoms with Gasteiger partial charge < -0.3 is 0 Å². The van der Waals surface area contributed by atoms with Crippen molar-refractivity contribution in [2.75, 3.05) is 0 Å². The quantitative estimate of drug-likeness (QED) is 0.587. The number of hydroxylamine groups is 1. The predicted octanol–water partition coefficient (Wildman–Crippen LogP) is 2.05. The van der Waals surface area contributed by atoms with E-state index >= 15 is 0 Å².